The molecule has 2 rings (SSSR count). The lowest BCUT2D eigenvalue weighted by Crippen LogP contribution is -1.88. The largest absolute Gasteiger partial charge is 0.295 e. The Hall–Kier alpha value is -1.08. The third-order valence-electron chi connectivity index (χ3n) is 2.43. The summed E-state index contributed by atoms with van der Waals surface area (Å²) >= 11 is 6.03. The fourth-order valence-corrected chi connectivity index (χ4v) is 1.88. The molecule has 1 nitrogen and oxygen atoms in total. The van der Waals surface area contributed by atoms with Crippen molar-refractivity contribution >= 4 is 17.4 Å². The quantitative estimate of drug-likeness (QED) is 0.727. The van der Waals surface area contributed by atoms with Crippen LogP contribution in [0.4, 0.5) is 0 Å². The summed E-state index contributed by atoms with van der Waals surface area (Å²) in [5.41, 5.74) is 2.30. The number of ketones is 1. The van der Waals surface area contributed by atoms with E-state index in [4.69, 9.17) is 11.6 Å². The molecule has 0 fully saturated rings. The molecular formula is C12H11ClO. The number of benzene rings is 1. The second-order valence-corrected chi connectivity index (χ2v) is 3.94. The normalized spacial score (nSPS) is 15.8. The van der Waals surface area contributed by atoms with Gasteiger partial charge < -0.3 is 0 Å². The van der Waals surface area contributed by atoms with E-state index in [0.717, 1.165) is 23.4 Å². The van der Waals surface area contributed by atoms with Gasteiger partial charge in [0.1, 0.15) is 0 Å². The molecule has 0 N–H and O–H groups in total. The van der Waals surface area contributed by atoms with Crippen molar-refractivity contribution < 1.29 is 4.79 Å². The number of hydrogen-bond acceptors (Lipinski definition) is 1. The molecule has 2 heteroatoms. The topological polar surface area (TPSA) is 17.1 Å². The highest BCUT2D eigenvalue weighted by molar-refractivity contribution is 6.31. The highest BCUT2D eigenvalue weighted by Crippen LogP contribution is 2.23. The average molecular weight is 207 g/mol. The SMILES string of the molecule is O=C1C=C(Cc2ccccc2Cl)CC1. The lowest BCUT2D eigenvalue weighted by Gasteiger charge is -2.03. The van der Waals surface area contributed by atoms with Crippen LogP contribution >= 0.6 is 11.6 Å². The van der Waals surface area contributed by atoms with E-state index in [0.29, 0.717) is 6.42 Å². The van der Waals surface area contributed by atoms with Gasteiger partial charge in [0.25, 0.3) is 0 Å². The van der Waals surface area contributed by atoms with Crippen LogP contribution in [0.25, 0.3) is 0 Å². The van der Waals surface area contributed by atoms with E-state index in [1.54, 1.807) is 6.08 Å². The Labute approximate surface area is 88.4 Å². The molecule has 0 atom stereocenters. The van der Waals surface area contributed by atoms with Crippen LogP contribution in [0.15, 0.2) is 35.9 Å². The summed E-state index contributed by atoms with van der Waals surface area (Å²) < 4.78 is 0. The Morgan fingerprint density at radius 3 is 2.64 bits per heavy atom. The average Bonchev–Trinajstić information content (AvgIpc) is 2.56. The maximum Gasteiger partial charge on any atom is 0.155 e. The second kappa shape index (κ2) is 3.97. The number of carbonyl (C=O) groups is 1. The molecule has 1 aromatic rings. The minimum atomic E-state index is 0.243. The maximum absolute atomic E-state index is 11.0. The van der Waals surface area contributed by atoms with Gasteiger partial charge in [-0.3, -0.25) is 4.79 Å². The molecular weight excluding hydrogens is 196 g/mol. The third-order valence-corrected chi connectivity index (χ3v) is 2.80. The van der Waals surface area contributed by atoms with Crippen LogP contribution in [-0.2, 0) is 11.2 Å². The summed E-state index contributed by atoms with van der Waals surface area (Å²) in [6.07, 6.45) is 4.12. The van der Waals surface area contributed by atoms with Crippen LogP contribution in [0.2, 0.25) is 5.02 Å². The lowest BCUT2D eigenvalue weighted by atomic mass is 10.1. The van der Waals surface area contributed by atoms with Gasteiger partial charge in [0, 0.05) is 11.4 Å². The first-order valence-electron chi connectivity index (χ1n) is 4.71. The van der Waals surface area contributed by atoms with Crippen molar-refractivity contribution in [3.63, 3.8) is 0 Å². The van der Waals surface area contributed by atoms with E-state index >= 15 is 0 Å². The molecule has 0 saturated carbocycles. The predicted molar refractivity (Wildman–Crippen MR) is 57.5 cm³/mol. The van der Waals surface area contributed by atoms with Crippen molar-refractivity contribution in [3.8, 4) is 0 Å². The third kappa shape index (κ3) is 2.05. The van der Waals surface area contributed by atoms with Crippen molar-refractivity contribution in [1.82, 2.24) is 0 Å². The van der Waals surface area contributed by atoms with E-state index in [-0.39, 0.29) is 5.78 Å². The molecule has 1 aliphatic rings. The van der Waals surface area contributed by atoms with Gasteiger partial charge in [-0.2, -0.15) is 0 Å². The summed E-state index contributed by atoms with van der Waals surface area (Å²) in [7, 11) is 0. The van der Waals surface area contributed by atoms with Gasteiger partial charge in [0.2, 0.25) is 0 Å². The molecule has 1 aromatic carbocycles. The summed E-state index contributed by atoms with van der Waals surface area (Å²) in [5, 5.41) is 0.785. The summed E-state index contributed by atoms with van der Waals surface area (Å²) in [6.45, 7) is 0. The second-order valence-electron chi connectivity index (χ2n) is 3.54. The zero-order valence-electron chi connectivity index (χ0n) is 7.79. The Kier molecular flexibility index (Phi) is 2.69. The van der Waals surface area contributed by atoms with Gasteiger partial charge in [-0.15, -0.1) is 0 Å². The van der Waals surface area contributed by atoms with Gasteiger partial charge in [-0.05, 0) is 30.5 Å². The maximum atomic E-state index is 11.0. The fraction of sp³-hybridized carbons (Fsp3) is 0.250. The fourth-order valence-electron chi connectivity index (χ4n) is 1.68. The van der Waals surface area contributed by atoms with Crippen LogP contribution in [0.5, 0.6) is 0 Å². The van der Waals surface area contributed by atoms with Crippen LogP contribution < -0.4 is 0 Å². The Balaban J connectivity index is 2.15. The van der Waals surface area contributed by atoms with Crippen LogP contribution in [0, 0.1) is 0 Å². The molecule has 14 heavy (non-hydrogen) atoms. The summed E-state index contributed by atoms with van der Waals surface area (Å²) in [6, 6.07) is 7.78. The molecule has 72 valence electrons. The lowest BCUT2D eigenvalue weighted by molar-refractivity contribution is -0.114. The predicted octanol–water partition coefficient (Wildman–Crippen LogP) is 3.17. The number of rotatable bonds is 2. The first-order chi connectivity index (χ1) is 6.75. The van der Waals surface area contributed by atoms with Crippen LogP contribution in [-0.4, -0.2) is 5.78 Å². The molecule has 0 spiro atoms. The number of allylic oxidation sites excluding steroid dienone is 2. The van der Waals surface area contributed by atoms with Crippen molar-refractivity contribution in [2.24, 2.45) is 0 Å². The minimum Gasteiger partial charge on any atom is -0.295 e. The molecule has 0 heterocycles. The summed E-state index contributed by atoms with van der Waals surface area (Å²) in [5.74, 6) is 0.243. The highest BCUT2D eigenvalue weighted by Gasteiger charge is 2.12. The van der Waals surface area contributed by atoms with Crippen LogP contribution in [0.3, 0.4) is 0 Å². The Morgan fingerprint density at radius 2 is 2.00 bits per heavy atom. The van der Waals surface area contributed by atoms with Gasteiger partial charge in [0.15, 0.2) is 5.78 Å². The molecule has 0 amide bonds. The zero-order valence-corrected chi connectivity index (χ0v) is 8.55. The molecule has 0 bridgehead atoms. The number of carbonyl (C=O) groups excluding carboxylic acids is 1. The molecule has 0 unspecified atom stereocenters. The van der Waals surface area contributed by atoms with Gasteiger partial charge in [-0.1, -0.05) is 35.4 Å². The molecule has 0 radical (unpaired) electrons. The van der Waals surface area contributed by atoms with Crippen molar-refractivity contribution in [3.05, 3.63) is 46.5 Å². The monoisotopic (exact) mass is 206 g/mol. The van der Waals surface area contributed by atoms with Gasteiger partial charge in [-0.25, -0.2) is 0 Å². The first-order valence-corrected chi connectivity index (χ1v) is 5.09. The van der Waals surface area contributed by atoms with Crippen molar-refractivity contribution in [1.29, 1.82) is 0 Å². The van der Waals surface area contributed by atoms with E-state index in [2.05, 4.69) is 0 Å². The van der Waals surface area contributed by atoms with E-state index in [9.17, 15) is 4.79 Å². The van der Waals surface area contributed by atoms with E-state index < -0.39 is 0 Å². The smallest absolute Gasteiger partial charge is 0.155 e. The molecule has 1 aliphatic carbocycles. The molecule has 0 aromatic heterocycles. The van der Waals surface area contributed by atoms with Crippen molar-refractivity contribution in [2.45, 2.75) is 19.3 Å². The van der Waals surface area contributed by atoms with Gasteiger partial charge >= 0.3 is 0 Å². The van der Waals surface area contributed by atoms with Gasteiger partial charge in [0.05, 0.1) is 0 Å². The molecule has 0 aliphatic heterocycles. The molecule has 0 saturated heterocycles. The highest BCUT2D eigenvalue weighted by atomic mass is 35.5. The summed E-state index contributed by atoms with van der Waals surface area (Å²) in [4.78, 5) is 11.0. The van der Waals surface area contributed by atoms with E-state index in [1.165, 1.54) is 5.57 Å². The standard InChI is InChI=1S/C12H11ClO/c13-12-4-2-1-3-10(12)7-9-5-6-11(14)8-9/h1-4,8H,5-7H2. The van der Waals surface area contributed by atoms with Crippen molar-refractivity contribution in [2.75, 3.05) is 0 Å². The zero-order chi connectivity index (χ0) is 9.97. The number of halogens is 1. The first kappa shape index (κ1) is 9.47. The minimum absolute atomic E-state index is 0.243. The van der Waals surface area contributed by atoms with Crippen LogP contribution in [0.1, 0.15) is 18.4 Å². The van der Waals surface area contributed by atoms with E-state index in [1.807, 2.05) is 24.3 Å². The number of hydrogen-bond donors (Lipinski definition) is 0. The Morgan fingerprint density at radius 1 is 1.21 bits per heavy atom. The Bertz CT molecular complexity index is 393.